The zero-order valence-electron chi connectivity index (χ0n) is 34.4. The standard InChI is InChI=1S/C59H35N3O2/c1-2-16-36(17-3-1)55-60-56(62-57(61-55)38-30-32-41-40-19-5-13-27-51(40)63-54(41)35-38)37-31-33-44-42(34-37)39-18-4-6-20-43(39)58(44)45-21-7-9-23-47(45)59(48-24-10-8-22-46(48)58)49-25-11-14-28-52(49)64-53-29-15-12-26-50(53)59/h1-35H. The third kappa shape index (κ3) is 4.60. The van der Waals surface area contributed by atoms with E-state index in [-0.39, 0.29) is 0 Å². The van der Waals surface area contributed by atoms with Crippen LogP contribution in [0.5, 0.6) is 11.5 Å². The second kappa shape index (κ2) is 13.1. The summed E-state index contributed by atoms with van der Waals surface area (Å²) in [6.07, 6.45) is 0. The molecule has 3 heterocycles. The average Bonchev–Trinajstić information content (AvgIpc) is 3.88. The molecule has 0 saturated heterocycles. The molecule has 2 spiro atoms. The molecule has 1 aliphatic heterocycles. The van der Waals surface area contributed by atoms with Crippen LogP contribution in [0.1, 0.15) is 44.5 Å². The Balaban J connectivity index is 1.01. The summed E-state index contributed by atoms with van der Waals surface area (Å²) in [5.74, 6) is 3.56. The number of aromatic nitrogens is 3. The lowest BCUT2D eigenvalue weighted by Gasteiger charge is -2.51. The van der Waals surface area contributed by atoms with Gasteiger partial charge in [-0.3, -0.25) is 0 Å². The molecule has 2 aliphatic carbocycles. The SMILES string of the molecule is c1ccc(-c2nc(-c3ccc4c(c3)-c3ccccc3C43c4ccccc4C4(c5ccccc5Oc5ccccc54)c4ccccc43)nc(-c3ccc4c(c3)oc3ccccc34)n2)cc1. The van der Waals surface area contributed by atoms with E-state index in [9.17, 15) is 0 Å². The van der Waals surface area contributed by atoms with Gasteiger partial charge in [0.2, 0.25) is 0 Å². The van der Waals surface area contributed by atoms with E-state index in [2.05, 4.69) is 158 Å². The predicted molar refractivity (Wildman–Crippen MR) is 253 cm³/mol. The highest BCUT2D eigenvalue weighted by Crippen LogP contribution is 2.67. The Morgan fingerprint density at radius 1 is 0.297 bits per heavy atom. The molecule has 0 radical (unpaired) electrons. The molecule has 9 aromatic carbocycles. The van der Waals surface area contributed by atoms with Crippen molar-refractivity contribution in [2.45, 2.75) is 10.8 Å². The molecule has 2 aromatic heterocycles. The van der Waals surface area contributed by atoms with Gasteiger partial charge in [0.15, 0.2) is 17.5 Å². The Bertz CT molecular complexity index is 3640. The van der Waals surface area contributed by atoms with Crippen molar-refractivity contribution in [3.8, 4) is 56.8 Å². The Labute approximate surface area is 369 Å². The first-order valence-electron chi connectivity index (χ1n) is 21.8. The summed E-state index contributed by atoms with van der Waals surface area (Å²) in [5.41, 5.74) is 15.2. The number of furan rings is 1. The van der Waals surface area contributed by atoms with Crippen molar-refractivity contribution in [2.75, 3.05) is 0 Å². The van der Waals surface area contributed by atoms with Crippen LogP contribution < -0.4 is 4.74 Å². The van der Waals surface area contributed by atoms with Crippen LogP contribution in [0.2, 0.25) is 0 Å². The van der Waals surface area contributed by atoms with Gasteiger partial charge in [0, 0.05) is 38.6 Å². The van der Waals surface area contributed by atoms with E-state index >= 15 is 0 Å². The average molecular weight is 818 g/mol. The second-order valence-corrected chi connectivity index (χ2v) is 17.0. The van der Waals surface area contributed by atoms with E-state index in [1.165, 1.54) is 38.9 Å². The number of rotatable bonds is 3. The topological polar surface area (TPSA) is 61.0 Å². The first kappa shape index (κ1) is 35.2. The molecule has 0 bridgehead atoms. The first-order chi connectivity index (χ1) is 31.7. The van der Waals surface area contributed by atoms with Crippen LogP contribution in [0.25, 0.3) is 67.2 Å². The summed E-state index contributed by atoms with van der Waals surface area (Å²) >= 11 is 0. The van der Waals surface area contributed by atoms with Crippen molar-refractivity contribution >= 4 is 21.9 Å². The molecule has 3 aliphatic rings. The summed E-state index contributed by atoms with van der Waals surface area (Å²) in [6.45, 7) is 0. The lowest BCUT2D eigenvalue weighted by atomic mass is 9.51. The molecule has 0 fully saturated rings. The van der Waals surface area contributed by atoms with Gasteiger partial charge in [-0.1, -0.05) is 176 Å². The highest BCUT2D eigenvalue weighted by Gasteiger charge is 2.58. The Hall–Kier alpha value is -8.41. The molecule has 298 valence electrons. The highest BCUT2D eigenvalue weighted by atomic mass is 16.5. The van der Waals surface area contributed by atoms with Gasteiger partial charge in [0.25, 0.3) is 0 Å². The molecule has 0 saturated carbocycles. The molecule has 11 aromatic rings. The number of para-hydroxylation sites is 3. The molecule has 14 rings (SSSR count). The number of nitrogens with zero attached hydrogens (tertiary/aromatic N) is 3. The van der Waals surface area contributed by atoms with Crippen LogP contribution in [0.3, 0.4) is 0 Å². The van der Waals surface area contributed by atoms with E-state index < -0.39 is 10.8 Å². The van der Waals surface area contributed by atoms with Crippen molar-refractivity contribution in [3.05, 3.63) is 257 Å². The zero-order valence-corrected chi connectivity index (χ0v) is 34.4. The van der Waals surface area contributed by atoms with Gasteiger partial charge in [0.1, 0.15) is 22.7 Å². The van der Waals surface area contributed by atoms with Gasteiger partial charge in [-0.25, -0.2) is 15.0 Å². The van der Waals surface area contributed by atoms with Crippen LogP contribution in [-0.4, -0.2) is 15.0 Å². The van der Waals surface area contributed by atoms with Crippen LogP contribution in [0.4, 0.5) is 0 Å². The third-order valence-electron chi connectivity index (χ3n) is 13.9. The zero-order chi connectivity index (χ0) is 42.0. The minimum Gasteiger partial charge on any atom is -0.457 e. The van der Waals surface area contributed by atoms with Gasteiger partial charge >= 0.3 is 0 Å². The monoisotopic (exact) mass is 817 g/mol. The van der Waals surface area contributed by atoms with Crippen LogP contribution in [0.15, 0.2) is 217 Å². The number of hydrogen-bond acceptors (Lipinski definition) is 5. The van der Waals surface area contributed by atoms with Crippen molar-refractivity contribution in [3.63, 3.8) is 0 Å². The van der Waals surface area contributed by atoms with Gasteiger partial charge in [-0.05, 0) is 80.9 Å². The van der Waals surface area contributed by atoms with Crippen LogP contribution in [0, 0.1) is 0 Å². The lowest BCUT2D eigenvalue weighted by molar-refractivity contribution is 0.429. The lowest BCUT2D eigenvalue weighted by Crippen LogP contribution is -2.45. The van der Waals surface area contributed by atoms with Gasteiger partial charge in [0.05, 0.1) is 10.8 Å². The predicted octanol–water partition coefficient (Wildman–Crippen LogP) is 13.9. The minimum atomic E-state index is -0.623. The first-order valence-corrected chi connectivity index (χ1v) is 21.8. The van der Waals surface area contributed by atoms with E-state index in [1.54, 1.807) is 0 Å². The molecule has 5 heteroatoms. The van der Waals surface area contributed by atoms with E-state index in [4.69, 9.17) is 24.1 Å². The fourth-order valence-electron chi connectivity index (χ4n) is 11.4. The van der Waals surface area contributed by atoms with E-state index in [0.29, 0.717) is 17.5 Å². The highest BCUT2D eigenvalue weighted by molar-refractivity contribution is 6.05. The van der Waals surface area contributed by atoms with E-state index in [1.807, 2.05) is 54.6 Å². The molecular weight excluding hydrogens is 783 g/mol. The number of hydrogen-bond donors (Lipinski definition) is 0. The summed E-state index contributed by atoms with van der Waals surface area (Å²) in [7, 11) is 0. The van der Waals surface area contributed by atoms with Crippen LogP contribution in [-0.2, 0) is 10.8 Å². The fraction of sp³-hybridized carbons (Fsp3) is 0.0339. The Morgan fingerprint density at radius 3 is 1.41 bits per heavy atom. The van der Waals surface area contributed by atoms with Crippen molar-refractivity contribution in [2.24, 2.45) is 0 Å². The smallest absolute Gasteiger partial charge is 0.164 e. The number of benzene rings is 9. The maximum atomic E-state index is 6.70. The minimum absolute atomic E-state index is 0.584. The van der Waals surface area contributed by atoms with Crippen molar-refractivity contribution < 1.29 is 9.15 Å². The normalized spacial score (nSPS) is 14.3. The maximum absolute atomic E-state index is 6.70. The summed E-state index contributed by atoms with van der Waals surface area (Å²) in [6, 6.07) is 75.7. The molecule has 0 unspecified atom stereocenters. The van der Waals surface area contributed by atoms with Crippen LogP contribution >= 0.6 is 0 Å². The Kier molecular flexibility index (Phi) is 7.18. The summed E-state index contributed by atoms with van der Waals surface area (Å²) < 4.78 is 13.0. The number of ether oxygens (including phenoxy) is 1. The summed E-state index contributed by atoms with van der Waals surface area (Å²) in [5, 5.41) is 2.15. The van der Waals surface area contributed by atoms with Crippen molar-refractivity contribution in [1.82, 2.24) is 15.0 Å². The fourth-order valence-corrected chi connectivity index (χ4v) is 11.4. The molecule has 0 atom stereocenters. The molecular formula is C59H35N3O2. The summed E-state index contributed by atoms with van der Waals surface area (Å²) in [4.78, 5) is 15.5. The van der Waals surface area contributed by atoms with Gasteiger partial charge in [-0.15, -0.1) is 0 Å². The molecule has 5 nitrogen and oxygen atoms in total. The Morgan fingerprint density at radius 2 is 0.750 bits per heavy atom. The number of fused-ring (bicyclic) bond motifs is 18. The second-order valence-electron chi connectivity index (χ2n) is 17.0. The molecule has 0 amide bonds. The van der Waals surface area contributed by atoms with Crippen molar-refractivity contribution in [1.29, 1.82) is 0 Å². The quantitative estimate of drug-likeness (QED) is 0.178. The van der Waals surface area contributed by atoms with Gasteiger partial charge < -0.3 is 9.15 Å². The maximum Gasteiger partial charge on any atom is 0.164 e. The van der Waals surface area contributed by atoms with E-state index in [0.717, 1.165) is 66.8 Å². The largest absolute Gasteiger partial charge is 0.457 e. The molecule has 0 N–H and O–H groups in total. The van der Waals surface area contributed by atoms with Gasteiger partial charge in [-0.2, -0.15) is 0 Å². The third-order valence-corrected chi connectivity index (χ3v) is 13.9. The molecule has 64 heavy (non-hydrogen) atoms.